The van der Waals surface area contributed by atoms with Crippen LogP contribution < -0.4 is 15.0 Å². The average Bonchev–Trinajstić information content (AvgIpc) is 2.59. The molecule has 1 N–H and O–H groups in total. The number of hydrogen-bond donors (Lipinski definition) is 1. The van der Waals surface area contributed by atoms with E-state index in [-0.39, 0.29) is 5.69 Å². The summed E-state index contributed by atoms with van der Waals surface area (Å²) in [5.41, 5.74) is 2.21. The highest BCUT2D eigenvalue weighted by Crippen LogP contribution is 2.37. The van der Waals surface area contributed by atoms with E-state index < -0.39 is 17.6 Å². The van der Waals surface area contributed by atoms with Gasteiger partial charge in [0.15, 0.2) is 0 Å². The van der Waals surface area contributed by atoms with Crippen LogP contribution in [0.5, 0.6) is 5.75 Å². The Morgan fingerprint density at radius 3 is 2.58 bits per heavy atom. The van der Waals surface area contributed by atoms with Crippen molar-refractivity contribution in [3.63, 3.8) is 0 Å². The van der Waals surface area contributed by atoms with Gasteiger partial charge in [0.05, 0.1) is 24.0 Å². The Morgan fingerprint density at radius 1 is 1.15 bits per heavy atom. The molecule has 0 saturated carbocycles. The normalized spacial score (nSPS) is 14.0. The molecule has 3 rings (SSSR count). The number of ether oxygens (including phenoxy) is 1. The number of hydrogen-bond acceptors (Lipinski definition) is 3. The summed E-state index contributed by atoms with van der Waals surface area (Å²) < 4.78 is 44.3. The first-order chi connectivity index (χ1) is 12.3. The Labute approximate surface area is 149 Å². The van der Waals surface area contributed by atoms with Gasteiger partial charge in [0, 0.05) is 20.0 Å². The number of carbonyl (C=O) groups excluding carboxylic acids is 1. The first-order valence-corrected chi connectivity index (χ1v) is 8.17. The third kappa shape index (κ3) is 3.76. The Morgan fingerprint density at radius 2 is 1.92 bits per heavy atom. The van der Waals surface area contributed by atoms with Crippen molar-refractivity contribution >= 4 is 17.3 Å². The molecule has 0 aliphatic carbocycles. The lowest BCUT2D eigenvalue weighted by molar-refractivity contribution is -0.137. The number of rotatable bonds is 3. The van der Waals surface area contributed by atoms with Crippen LogP contribution in [0.4, 0.5) is 24.5 Å². The topological polar surface area (TPSA) is 41.6 Å². The minimum absolute atomic E-state index is 0.171. The third-order valence-electron chi connectivity index (χ3n) is 4.40. The van der Waals surface area contributed by atoms with Crippen molar-refractivity contribution in [1.29, 1.82) is 0 Å². The molecule has 26 heavy (non-hydrogen) atoms. The maximum Gasteiger partial charge on any atom is 0.416 e. The Hall–Kier alpha value is -2.70. The monoisotopic (exact) mass is 364 g/mol. The first-order valence-electron chi connectivity index (χ1n) is 8.17. The van der Waals surface area contributed by atoms with Gasteiger partial charge in [-0.05, 0) is 47.9 Å². The molecule has 1 heterocycles. The minimum atomic E-state index is -4.46. The van der Waals surface area contributed by atoms with Gasteiger partial charge < -0.3 is 15.0 Å². The molecule has 0 spiro atoms. The largest absolute Gasteiger partial charge is 0.497 e. The second-order valence-corrected chi connectivity index (χ2v) is 6.22. The first kappa shape index (κ1) is 18.1. The lowest BCUT2D eigenvalue weighted by atomic mass is 9.98. The fourth-order valence-electron chi connectivity index (χ4n) is 3.14. The van der Waals surface area contributed by atoms with Gasteiger partial charge in [-0.25, -0.2) is 0 Å². The molecule has 0 atom stereocenters. The van der Waals surface area contributed by atoms with Gasteiger partial charge in [-0.15, -0.1) is 0 Å². The van der Waals surface area contributed by atoms with Crippen LogP contribution in [0.3, 0.4) is 0 Å². The maximum absolute atomic E-state index is 13.0. The summed E-state index contributed by atoms with van der Waals surface area (Å²) >= 11 is 0. The van der Waals surface area contributed by atoms with E-state index in [1.807, 2.05) is 23.1 Å². The molecule has 2 aromatic rings. The summed E-state index contributed by atoms with van der Waals surface area (Å²) in [4.78, 5) is 13.4. The zero-order valence-electron chi connectivity index (χ0n) is 14.5. The highest BCUT2D eigenvalue weighted by atomic mass is 19.4. The van der Waals surface area contributed by atoms with Crippen molar-refractivity contribution in [3.05, 3.63) is 53.1 Å². The molecule has 2 aromatic carbocycles. The van der Waals surface area contributed by atoms with Crippen LogP contribution in [0, 0.1) is 0 Å². The SMILES string of the molecule is COc1ccc2c(c1)CCN(c1ccc(C(F)(F)F)cc1NC(C)=O)C2. The summed E-state index contributed by atoms with van der Waals surface area (Å²) in [6.07, 6.45) is -3.72. The van der Waals surface area contributed by atoms with Crippen LogP contribution >= 0.6 is 0 Å². The molecule has 0 radical (unpaired) electrons. The van der Waals surface area contributed by atoms with Crippen molar-refractivity contribution in [1.82, 2.24) is 0 Å². The van der Waals surface area contributed by atoms with Gasteiger partial charge in [0.1, 0.15) is 5.75 Å². The van der Waals surface area contributed by atoms with Crippen LogP contribution in [-0.2, 0) is 23.9 Å². The number of benzene rings is 2. The number of amides is 1. The lowest BCUT2D eigenvalue weighted by Gasteiger charge is -2.32. The molecule has 138 valence electrons. The molecular formula is C19H19F3N2O2. The number of fused-ring (bicyclic) bond motifs is 1. The molecule has 0 fully saturated rings. The second-order valence-electron chi connectivity index (χ2n) is 6.22. The number of halogens is 3. The molecule has 0 aromatic heterocycles. The summed E-state index contributed by atoms with van der Waals surface area (Å²) in [6, 6.07) is 9.26. The highest BCUT2D eigenvalue weighted by molar-refractivity contribution is 5.93. The van der Waals surface area contributed by atoms with Gasteiger partial charge in [0.2, 0.25) is 5.91 Å². The number of carbonyl (C=O) groups is 1. The molecule has 4 nitrogen and oxygen atoms in total. The van der Waals surface area contributed by atoms with Gasteiger partial charge in [-0.2, -0.15) is 13.2 Å². The van der Waals surface area contributed by atoms with E-state index >= 15 is 0 Å². The van der Waals surface area contributed by atoms with E-state index in [4.69, 9.17) is 4.74 Å². The van der Waals surface area contributed by atoms with Gasteiger partial charge >= 0.3 is 6.18 Å². The van der Waals surface area contributed by atoms with Crippen LogP contribution in [0.2, 0.25) is 0 Å². The molecule has 1 amide bonds. The maximum atomic E-state index is 13.0. The zero-order valence-corrected chi connectivity index (χ0v) is 14.5. The van der Waals surface area contributed by atoms with Crippen molar-refractivity contribution in [2.24, 2.45) is 0 Å². The fraction of sp³-hybridized carbons (Fsp3) is 0.316. The standard InChI is InChI=1S/C19H19F3N2O2/c1-12(25)23-17-10-15(19(20,21)22)4-6-18(17)24-8-7-13-9-16(26-2)5-3-14(13)11-24/h3-6,9-10H,7-8,11H2,1-2H3,(H,23,25). The van der Waals surface area contributed by atoms with Crippen LogP contribution in [0.1, 0.15) is 23.6 Å². The van der Waals surface area contributed by atoms with Crippen LogP contribution in [0.25, 0.3) is 0 Å². The van der Waals surface area contributed by atoms with Gasteiger partial charge in [-0.1, -0.05) is 6.07 Å². The minimum Gasteiger partial charge on any atom is -0.497 e. The second kappa shape index (κ2) is 6.90. The summed E-state index contributed by atoms with van der Waals surface area (Å²) in [6.45, 7) is 2.47. The van der Waals surface area contributed by atoms with E-state index in [1.165, 1.54) is 13.0 Å². The summed E-state index contributed by atoms with van der Waals surface area (Å²) in [5, 5.41) is 2.52. The van der Waals surface area contributed by atoms with Gasteiger partial charge in [0.25, 0.3) is 0 Å². The van der Waals surface area contributed by atoms with Crippen LogP contribution in [-0.4, -0.2) is 19.6 Å². The number of alkyl halides is 3. The lowest BCUT2D eigenvalue weighted by Crippen LogP contribution is -2.31. The smallest absolute Gasteiger partial charge is 0.416 e. The van der Waals surface area contributed by atoms with E-state index in [0.29, 0.717) is 18.8 Å². The Balaban J connectivity index is 1.94. The molecule has 1 aliphatic heterocycles. The number of nitrogens with one attached hydrogen (secondary N) is 1. The van der Waals surface area contributed by atoms with E-state index in [2.05, 4.69) is 5.32 Å². The van der Waals surface area contributed by atoms with E-state index in [1.54, 1.807) is 7.11 Å². The van der Waals surface area contributed by atoms with Crippen molar-refractivity contribution in [2.45, 2.75) is 26.1 Å². The fourth-order valence-corrected chi connectivity index (χ4v) is 3.14. The summed E-state index contributed by atoms with van der Waals surface area (Å²) in [5.74, 6) is 0.374. The molecule has 7 heteroatoms. The molecule has 0 unspecified atom stereocenters. The molecule has 0 saturated heterocycles. The van der Waals surface area contributed by atoms with E-state index in [9.17, 15) is 18.0 Å². The summed E-state index contributed by atoms with van der Waals surface area (Å²) in [7, 11) is 1.61. The number of methoxy groups -OCH3 is 1. The van der Waals surface area contributed by atoms with E-state index in [0.717, 1.165) is 35.4 Å². The van der Waals surface area contributed by atoms with Gasteiger partial charge in [-0.3, -0.25) is 4.79 Å². The quantitative estimate of drug-likeness (QED) is 0.886. The van der Waals surface area contributed by atoms with Crippen LogP contribution in [0.15, 0.2) is 36.4 Å². The molecular weight excluding hydrogens is 345 g/mol. The third-order valence-corrected chi connectivity index (χ3v) is 4.40. The Bertz CT molecular complexity index is 834. The van der Waals surface area contributed by atoms with Crippen molar-refractivity contribution < 1.29 is 22.7 Å². The van der Waals surface area contributed by atoms with Crippen molar-refractivity contribution in [3.8, 4) is 5.75 Å². The highest BCUT2D eigenvalue weighted by Gasteiger charge is 2.32. The predicted octanol–water partition coefficient (Wildman–Crippen LogP) is 4.24. The zero-order chi connectivity index (χ0) is 18.9. The molecule has 1 aliphatic rings. The average molecular weight is 364 g/mol. The predicted molar refractivity (Wildman–Crippen MR) is 93.5 cm³/mol. The number of anilines is 2. The Kier molecular flexibility index (Phi) is 4.80. The molecule has 0 bridgehead atoms. The van der Waals surface area contributed by atoms with Crippen molar-refractivity contribution in [2.75, 3.05) is 23.9 Å². The number of nitrogens with zero attached hydrogens (tertiary/aromatic N) is 1.